The smallest absolute Gasteiger partial charge is 0.278 e. The number of aryl methyl sites for hydroxylation is 1. The van der Waals surface area contributed by atoms with E-state index in [1.165, 1.54) is 27.2 Å². The lowest BCUT2D eigenvalue weighted by Crippen LogP contribution is -3.12. The lowest BCUT2D eigenvalue weighted by molar-refractivity contribution is -0.908. The highest BCUT2D eigenvalue weighted by molar-refractivity contribution is 5.80. The van der Waals surface area contributed by atoms with Gasteiger partial charge in [-0.25, -0.2) is 0 Å². The van der Waals surface area contributed by atoms with Crippen molar-refractivity contribution in [1.82, 2.24) is 5.32 Å². The summed E-state index contributed by atoms with van der Waals surface area (Å²) in [7, 11) is 2.11. The van der Waals surface area contributed by atoms with E-state index in [0.717, 1.165) is 25.8 Å². The van der Waals surface area contributed by atoms with Crippen molar-refractivity contribution in [1.29, 1.82) is 0 Å². The van der Waals surface area contributed by atoms with Crippen molar-refractivity contribution in [2.75, 3.05) is 7.05 Å². The summed E-state index contributed by atoms with van der Waals surface area (Å²) in [6.45, 7) is 9.57. The summed E-state index contributed by atoms with van der Waals surface area (Å²) in [5.74, 6) is 0.144. The van der Waals surface area contributed by atoms with Crippen LogP contribution in [0.2, 0.25) is 0 Å². The topological polar surface area (TPSA) is 33.5 Å². The molecule has 0 bridgehead atoms. The predicted octanol–water partition coefficient (Wildman–Crippen LogP) is 3.58. The van der Waals surface area contributed by atoms with Crippen LogP contribution in [-0.2, 0) is 23.2 Å². The Balaban J connectivity index is 1.60. The van der Waals surface area contributed by atoms with Crippen LogP contribution in [0.5, 0.6) is 0 Å². The minimum Gasteiger partial charge on any atom is -0.344 e. The molecule has 1 unspecified atom stereocenters. The molecule has 0 radical (unpaired) electrons. The summed E-state index contributed by atoms with van der Waals surface area (Å²) < 4.78 is 0. The second kappa shape index (κ2) is 8.48. The fourth-order valence-electron chi connectivity index (χ4n) is 4.02. The SMILES string of the molecule is C[C@H](C(=O)N[C@H]1CCCc2ccccc21)[NH+](C)Cc1ccc(C(C)(C)C)cc1. The maximum Gasteiger partial charge on any atom is 0.278 e. The fraction of sp³-hybridized carbons (Fsp3) is 0.480. The van der Waals surface area contributed by atoms with Crippen LogP contribution in [0, 0.1) is 0 Å². The molecule has 3 atom stereocenters. The van der Waals surface area contributed by atoms with E-state index in [-0.39, 0.29) is 23.4 Å². The van der Waals surface area contributed by atoms with Crippen LogP contribution < -0.4 is 10.2 Å². The van der Waals surface area contributed by atoms with Gasteiger partial charge in [-0.15, -0.1) is 0 Å². The van der Waals surface area contributed by atoms with Gasteiger partial charge in [0.1, 0.15) is 6.54 Å². The largest absolute Gasteiger partial charge is 0.344 e. The number of carbonyl (C=O) groups excluding carboxylic acids is 1. The quantitative estimate of drug-likeness (QED) is 0.818. The average Bonchev–Trinajstić information content (AvgIpc) is 2.67. The van der Waals surface area contributed by atoms with Crippen molar-refractivity contribution >= 4 is 5.91 Å². The van der Waals surface area contributed by atoms with Gasteiger partial charge >= 0.3 is 0 Å². The van der Waals surface area contributed by atoms with Gasteiger partial charge in [0.2, 0.25) is 0 Å². The maximum atomic E-state index is 12.9. The molecule has 3 heteroatoms. The zero-order valence-electron chi connectivity index (χ0n) is 18.0. The van der Waals surface area contributed by atoms with Crippen molar-refractivity contribution in [3.63, 3.8) is 0 Å². The second-order valence-electron chi connectivity index (χ2n) is 9.34. The van der Waals surface area contributed by atoms with E-state index in [9.17, 15) is 4.79 Å². The molecule has 2 aromatic carbocycles. The molecule has 0 saturated heterocycles. The maximum absolute atomic E-state index is 12.9. The molecule has 0 fully saturated rings. The van der Waals surface area contributed by atoms with Crippen molar-refractivity contribution in [2.45, 2.75) is 71.0 Å². The third-order valence-corrected chi connectivity index (χ3v) is 6.12. The highest BCUT2D eigenvalue weighted by Gasteiger charge is 2.27. The van der Waals surface area contributed by atoms with E-state index < -0.39 is 0 Å². The summed E-state index contributed by atoms with van der Waals surface area (Å²) in [4.78, 5) is 14.1. The monoisotopic (exact) mass is 379 g/mol. The Bertz CT molecular complexity index is 804. The number of nitrogens with one attached hydrogen (secondary N) is 2. The number of hydrogen-bond donors (Lipinski definition) is 2. The molecule has 1 aliphatic carbocycles. The zero-order valence-corrected chi connectivity index (χ0v) is 18.0. The van der Waals surface area contributed by atoms with Gasteiger partial charge in [-0.3, -0.25) is 4.79 Å². The van der Waals surface area contributed by atoms with Crippen LogP contribution in [0.3, 0.4) is 0 Å². The standard InChI is InChI=1S/C25H34N2O/c1-18(27(5)17-19-13-15-21(16-14-19)25(2,3)4)24(28)26-23-12-8-10-20-9-6-7-11-22(20)23/h6-7,9,11,13-16,18,23H,8,10,12,17H2,1-5H3,(H,26,28)/p+1/t18-,23+/m1/s1. The molecule has 0 spiro atoms. The number of benzene rings is 2. The molecule has 28 heavy (non-hydrogen) atoms. The van der Waals surface area contributed by atoms with E-state index in [4.69, 9.17) is 0 Å². The van der Waals surface area contributed by atoms with E-state index in [1.54, 1.807) is 0 Å². The summed E-state index contributed by atoms with van der Waals surface area (Å²) in [6.07, 6.45) is 3.29. The first-order chi connectivity index (χ1) is 13.3. The van der Waals surface area contributed by atoms with E-state index in [0.29, 0.717) is 0 Å². The van der Waals surface area contributed by atoms with Crippen molar-refractivity contribution in [3.05, 3.63) is 70.8 Å². The van der Waals surface area contributed by atoms with Gasteiger partial charge in [0.05, 0.1) is 13.1 Å². The summed E-state index contributed by atoms with van der Waals surface area (Å²) >= 11 is 0. The first kappa shape index (κ1) is 20.6. The second-order valence-corrected chi connectivity index (χ2v) is 9.34. The number of hydrogen-bond acceptors (Lipinski definition) is 1. The first-order valence-corrected chi connectivity index (χ1v) is 10.6. The molecule has 3 nitrogen and oxygen atoms in total. The van der Waals surface area contributed by atoms with Crippen LogP contribution >= 0.6 is 0 Å². The van der Waals surface area contributed by atoms with Crippen molar-refractivity contribution in [3.8, 4) is 0 Å². The Labute approximate surface area is 170 Å². The Morgan fingerprint density at radius 3 is 2.50 bits per heavy atom. The fourth-order valence-corrected chi connectivity index (χ4v) is 4.02. The first-order valence-electron chi connectivity index (χ1n) is 10.6. The Morgan fingerprint density at radius 1 is 1.14 bits per heavy atom. The molecule has 0 heterocycles. The summed E-state index contributed by atoms with van der Waals surface area (Å²) in [5, 5.41) is 3.31. The van der Waals surface area contributed by atoms with Crippen LogP contribution in [0.25, 0.3) is 0 Å². The molecule has 1 amide bonds. The highest BCUT2D eigenvalue weighted by Crippen LogP contribution is 2.29. The van der Waals surface area contributed by atoms with Gasteiger partial charge in [-0.2, -0.15) is 0 Å². The van der Waals surface area contributed by atoms with Crippen LogP contribution in [0.4, 0.5) is 0 Å². The Morgan fingerprint density at radius 2 is 1.82 bits per heavy atom. The van der Waals surface area contributed by atoms with E-state index in [2.05, 4.69) is 81.7 Å². The zero-order chi connectivity index (χ0) is 20.3. The summed E-state index contributed by atoms with van der Waals surface area (Å²) in [6, 6.07) is 17.4. The van der Waals surface area contributed by atoms with Gasteiger partial charge in [0.15, 0.2) is 6.04 Å². The minimum absolute atomic E-state index is 0.0867. The molecule has 150 valence electrons. The van der Waals surface area contributed by atoms with Crippen LogP contribution in [0.1, 0.15) is 68.8 Å². The number of likely N-dealkylation sites (N-methyl/N-ethyl adjacent to an activating group) is 1. The lowest BCUT2D eigenvalue weighted by Gasteiger charge is -2.29. The minimum atomic E-state index is -0.0867. The molecular weight excluding hydrogens is 344 g/mol. The third kappa shape index (κ3) is 4.82. The van der Waals surface area contributed by atoms with Crippen molar-refractivity contribution < 1.29 is 9.69 Å². The van der Waals surface area contributed by atoms with E-state index in [1.807, 2.05) is 6.92 Å². The van der Waals surface area contributed by atoms with E-state index >= 15 is 0 Å². The van der Waals surface area contributed by atoms with Gasteiger partial charge in [-0.1, -0.05) is 69.3 Å². The Hall–Kier alpha value is -2.13. The average molecular weight is 380 g/mol. The molecule has 0 aromatic heterocycles. The molecular formula is C25H35N2O+. The molecule has 2 N–H and O–H groups in total. The van der Waals surface area contributed by atoms with Gasteiger partial charge < -0.3 is 10.2 Å². The van der Waals surface area contributed by atoms with Crippen LogP contribution in [-0.4, -0.2) is 19.0 Å². The Kier molecular flexibility index (Phi) is 6.24. The number of amides is 1. The third-order valence-electron chi connectivity index (χ3n) is 6.12. The summed E-state index contributed by atoms with van der Waals surface area (Å²) in [5.41, 5.74) is 5.46. The van der Waals surface area contributed by atoms with Gasteiger partial charge in [0, 0.05) is 5.56 Å². The highest BCUT2D eigenvalue weighted by atomic mass is 16.2. The van der Waals surface area contributed by atoms with Crippen LogP contribution in [0.15, 0.2) is 48.5 Å². The molecule has 0 saturated carbocycles. The molecule has 1 aliphatic rings. The molecule has 0 aliphatic heterocycles. The number of rotatable bonds is 5. The van der Waals surface area contributed by atoms with Gasteiger partial charge in [-0.05, 0) is 48.3 Å². The van der Waals surface area contributed by atoms with Gasteiger partial charge in [0.25, 0.3) is 5.91 Å². The van der Waals surface area contributed by atoms with Crippen molar-refractivity contribution in [2.24, 2.45) is 0 Å². The normalized spacial score (nSPS) is 18.8. The predicted molar refractivity (Wildman–Crippen MR) is 115 cm³/mol. The number of quaternary nitrogens is 1. The molecule has 3 rings (SSSR count). The molecule has 2 aromatic rings. The number of fused-ring (bicyclic) bond motifs is 1. The number of carbonyl (C=O) groups is 1. The lowest BCUT2D eigenvalue weighted by atomic mass is 9.86.